The fourth-order valence-electron chi connectivity index (χ4n) is 3.25. The van der Waals surface area contributed by atoms with Gasteiger partial charge in [-0.15, -0.1) is 0 Å². The van der Waals surface area contributed by atoms with Crippen molar-refractivity contribution in [3.05, 3.63) is 17.5 Å². The third kappa shape index (κ3) is 2.94. The fraction of sp³-hybridized carbons (Fsp3) is 0.800. The highest BCUT2D eigenvalue weighted by Gasteiger charge is 2.29. The number of nitrogens with zero attached hydrogens (tertiary/aromatic N) is 2. The van der Waals surface area contributed by atoms with E-state index in [9.17, 15) is 5.11 Å². The van der Waals surface area contributed by atoms with Crippen molar-refractivity contribution in [1.82, 2.24) is 9.78 Å². The van der Waals surface area contributed by atoms with Crippen LogP contribution < -0.4 is 0 Å². The third-order valence-electron chi connectivity index (χ3n) is 4.41. The Bertz CT molecular complexity index is 386. The molecule has 1 aliphatic rings. The smallest absolute Gasteiger partial charge is 0.0623 e. The van der Waals surface area contributed by atoms with Gasteiger partial charge in [-0.1, -0.05) is 19.8 Å². The van der Waals surface area contributed by atoms with Crippen LogP contribution in [-0.4, -0.2) is 21.0 Å². The molecule has 18 heavy (non-hydrogen) atoms. The summed E-state index contributed by atoms with van der Waals surface area (Å²) in [6, 6.07) is 2.11. The van der Waals surface area contributed by atoms with Crippen LogP contribution in [-0.2, 0) is 13.0 Å². The molecule has 1 aromatic heterocycles. The van der Waals surface area contributed by atoms with Crippen LogP contribution in [0.25, 0.3) is 0 Å². The number of aliphatic hydroxyl groups is 1. The molecule has 1 fully saturated rings. The van der Waals surface area contributed by atoms with Crippen LogP contribution in [0.4, 0.5) is 0 Å². The van der Waals surface area contributed by atoms with E-state index in [2.05, 4.69) is 25.0 Å². The SMILES string of the molecule is CCC1CCC(C(O)Cc2cc(C)nn2CC)C1. The summed E-state index contributed by atoms with van der Waals surface area (Å²) in [6.07, 6.45) is 5.52. The van der Waals surface area contributed by atoms with Gasteiger partial charge in [-0.05, 0) is 44.6 Å². The minimum atomic E-state index is -0.192. The first-order chi connectivity index (χ1) is 8.63. The van der Waals surface area contributed by atoms with Crippen LogP contribution in [0.1, 0.15) is 50.9 Å². The van der Waals surface area contributed by atoms with Gasteiger partial charge in [-0.2, -0.15) is 5.10 Å². The Labute approximate surface area is 110 Å². The summed E-state index contributed by atoms with van der Waals surface area (Å²) in [5.41, 5.74) is 2.24. The zero-order valence-electron chi connectivity index (χ0n) is 11.9. The second kappa shape index (κ2) is 5.87. The van der Waals surface area contributed by atoms with Gasteiger partial charge in [0, 0.05) is 18.7 Å². The predicted molar refractivity (Wildman–Crippen MR) is 73.5 cm³/mol. The van der Waals surface area contributed by atoms with Crippen molar-refractivity contribution in [2.75, 3.05) is 0 Å². The Morgan fingerprint density at radius 2 is 2.22 bits per heavy atom. The van der Waals surface area contributed by atoms with Crippen molar-refractivity contribution < 1.29 is 5.11 Å². The average Bonchev–Trinajstić information content (AvgIpc) is 2.95. The van der Waals surface area contributed by atoms with Gasteiger partial charge in [0.25, 0.3) is 0 Å². The quantitative estimate of drug-likeness (QED) is 0.872. The number of hydrogen-bond acceptors (Lipinski definition) is 2. The van der Waals surface area contributed by atoms with E-state index in [1.807, 2.05) is 11.6 Å². The van der Waals surface area contributed by atoms with Crippen molar-refractivity contribution in [3.63, 3.8) is 0 Å². The minimum Gasteiger partial charge on any atom is -0.392 e. The summed E-state index contributed by atoms with van der Waals surface area (Å²) in [4.78, 5) is 0. The third-order valence-corrected chi connectivity index (χ3v) is 4.41. The molecule has 1 heterocycles. The van der Waals surface area contributed by atoms with E-state index in [1.54, 1.807) is 0 Å². The summed E-state index contributed by atoms with van der Waals surface area (Å²) < 4.78 is 2.02. The molecule has 3 atom stereocenters. The monoisotopic (exact) mass is 250 g/mol. The van der Waals surface area contributed by atoms with Crippen molar-refractivity contribution in [3.8, 4) is 0 Å². The molecule has 102 valence electrons. The maximum Gasteiger partial charge on any atom is 0.0623 e. The van der Waals surface area contributed by atoms with Gasteiger partial charge in [0.2, 0.25) is 0 Å². The van der Waals surface area contributed by atoms with E-state index < -0.39 is 0 Å². The second-order valence-electron chi connectivity index (χ2n) is 5.71. The zero-order valence-corrected chi connectivity index (χ0v) is 11.9. The highest BCUT2D eigenvalue weighted by atomic mass is 16.3. The van der Waals surface area contributed by atoms with E-state index in [4.69, 9.17) is 0 Å². The average molecular weight is 250 g/mol. The molecule has 0 amide bonds. The summed E-state index contributed by atoms with van der Waals surface area (Å²) in [5, 5.41) is 14.8. The number of rotatable bonds is 5. The molecule has 0 aliphatic heterocycles. The van der Waals surface area contributed by atoms with E-state index in [-0.39, 0.29) is 6.10 Å². The molecule has 1 aliphatic carbocycles. The lowest BCUT2D eigenvalue weighted by molar-refractivity contribution is 0.106. The van der Waals surface area contributed by atoms with Gasteiger partial charge in [-0.25, -0.2) is 0 Å². The standard InChI is InChI=1S/C15H26N2O/c1-4-12-6-7-13(9-12)15(18)10-14-8-11(3)16-17(14)5-2/h8,12-13,15,18H,4-7,9-10H2,1-3H3. The second-order valence-corrected chi connectivity index (χ2v) is 5.71. The van der Waals surface area contributed by atoms with Gasteiger partial charge in [0.15, 0.2) is 0 Å². The molecule has 3 nitrogen and oxygen atoms in total. The molecule has 1 N–H and O–H groups in total. The van der Waals surface area contributed by atoms with Gasteiger partial charge in [0.1, 0.15) is 0 Å². The summed E-state index contributed by atoms with van der Waals surface area (Å²) in [6.45, 7) is 7.27. The Balaban J connectivity index is 1.96. The van der Waals surface area contributed by atoms with E-state index in [0.29, 0.717) is 5.92 Å². The Morgan fingerprint density at radius 1 is 1.44 bits per heavy atom. The largest absolute Gasteiger partial charge is 0.392 e. The van der Waals surface area contributed by atoms with E-state index in [1.165, 1.54) is 31.4 Å². The molecular formula is C15H26N2O. The molecule has 0 radical (unpaired) electrons. The molecule has 2 rings (SSSR count). The number of hydrogen-bond donors (Lipinski definition) is 1. The van der Waals surface area contributed by atoms with Gasteiger partial charge in [0.05, 0.1) is 11.8 Å². The normalized spacial score (nSPS) is 25.6. The van der Waals surface area contributed by atoms with Crippen molar-refractivity contribution in [1.29, 1.82) is 0 Å². The highest BCUT2D eigenvalue weighted by molar-refractivity contribution is 5.10. The summed E-state index contributed by atoms with van der Waals surface area (Å²) in [7, 11) is 0. The van der Waals surface area contributed by atoms with Crippen LogP contribution >= 0.6 is 0 Å². The van der Waals surface area contributed by atoms with Crippen LogP contribution in [0.2, 0.25) is 0 Å². The number of aliphatic hydroxyl groups excluding tert-OH is 1. The Morgan fingerprint density at radius 3 is 2.83 bits per heavy atom. The fourth-order valence-corrected chi connectivity index (χ4v) is 3.25. The Kier molecular flexibility index (Phi) is 4.44. The maximum atomic E-state index is 10.4. The molecule has 0 bridgehead atoms. The molecule has 0 saturated heterocycles. The topological polar surface area (TPSA) is 38.1 Å². The van der Waals surface area contributed by atoms with Crippen LogP contribution in [0.5, 0.6) is 0 Å². The van der Waals surface area contributed by atoms with Gasteiger partial charge < -0.3 is 5.11 Å². The molecule has 3 heteroatoms. The van der Waals surface area contributed by atoms with Crippen molar-refractivity contribution in [2.45, 2.75) is 65.5 Å². The first kappa shape index (κ1) is 13.6. The maximum absolute atomic E-state index is 10.4. The molecule has 0 aromatic carbocycles. The first-order valence-electron chi connectivity index (χ1n) is 7.35. The molecular weight excluding hydrogens is 224 g/mol. The van der Waals surface area contributed by atoms with E-state index in [0.717, 1.165) is 24.6 Å². The minimum absolute atomic E-state index is 0.192. The molecule has 1 aromatic rings. The van der Waals surface area contributed by atoms with E-state index >= 15 is 0 Å². The van der Waals surface area contributed by atoms with Crippen LogP contribution in [0, 0.1) is 18.8 Å². The molecule has 1 saturated carbocycles. The van der Waals surface area contributed by atoms with Crippen LogP contribution in [0.15, 0.2) is 6.07 Å². The summed E-state index contributed by atoms with van der Waals surface area (Å²) in [5.74, 6) is 1.33. The van der Waals surface area contributed by atoms with Crippen LogP contribution in [0.3, 0.4) is 0 Å². The zero-order chi connectivity index (χ0) is 13.1. The van der Waals surface area contributed by atoms with Gasteiger partial charge in [-0.3, -0.25) is 4.68 Å². The summed E-state index contributed by atoms with van der Waals surface area (Å²) >= 11 is 0. The van der Waals surface area contributed by atoms with Crippen molar-refractivity contribution in [2.24, 2.45) is 11.8 Å². The lowest BCUT2D eigenvalue weighted by Gasteiger charge is -2.18. The predicted octanol–water partition coefficient (Wildman–Crippen LogP) is 2.94. The highest BCUT2D eigenvalue weighted by Crippen LogP contribution is 2.35. The lowest BCUT2D eigenvalue weighted by Crippen LogP contribution is -2.22. The lowest BCUT2D eigenvalue weighted by atomic mass is 9.95. The first-order valence-corrected chi connectivity index (χ1v) is 7.35. The molecule has 0 spiro atoms. The van der Waals surface area contributed by atoms with Crippen molar-refractivity contribution >= 4 is 0 Å². The number of aromatic nitrogens is 2. The molecule has 3 unspecified atom stereocenters. The number of aryl methyl sites for hydroxylation is 2. The Hall–Kier alpha value is -0.830. The van der Waals surface area contributed by atoms with Gasteiger partial charge >= 0.3 is 0 Å².